The number of amides is 1. The first kappa shape index (κ1) is 13.1. The van der Waals surface area contributed by atoms with E-state index in [1.54, 1.807) is 0 Å². The van der Waals surface area contributed by atoms with E-state index in [1.807, 2.05) is 23.3 Å². The number of nitrogens with zero attached hydrogens (tertiary/aromatic N) is 1. The van der Waals surface area contributed by atoms with Crippen LogP contribution in [0.4, 0.5) is 0 Å². The molecular weight excluding hydrogens is 256 g/mol. The van der Waals surface area contributed by atoms with E-state index in [4.69, 9.17) is 0 Å². The molecule has 1 N–H and O–H groups in total. The van der Waals surface area contributed by atoms with Crippen LogP contribution in [0, 0.1) is 0 Å². The third-order valence-corrected chi connectivity index (χ3v) is 5.83. The van der Waals surface area contributed by atoms with Crippen LogP contribution in [0.15, 0.2) is 17.5 Å². The van der Waals surface area contributed by atoms with Gasteiger partial charge in [0, 0.05) is 36.5 Å². The van der Waals surface area contributed by atoms with Gasteiger partial charge < -0.3 is 10.2 Å². The molecule has 0 unspecified atom stereocenters. The Hall–Kier alpha value is -0.870. The van der Waals surface area contributed by atoms with Gasteiger partial charge in [-0.1, -0.05) is 6.07 Å². The molecule has 1 amide bonds. The Bertz CT molecular complexity index is 435. The summed E-state index contributed by atoms with van der Waals surface area (Å²) >= 11 is 1.82. The SMILES string of the molecule is CN1C(=O)CCC12CCC(NCc1cccs1)CC2. The van der Waals surface area contributed by atoms with Crippen LogP contribution in [0.25, 0.3) is 0 Å². The zero-order chi connectivity index (χ0) is 13.3. The molecule has 0 aromatic carbocycles. The molecular formula is C15H22N2OS. The quantitative estimate of drug-likeness (QED) is 0.922. The minimum atomic E-state index is 0.193. The van der Waals surface area contributed by atoms with Crippen LogP contribution >= 0.6 is 11.3 Å². The van der Waals surface area contributed by atoms with Gasteiger partial charge in [-0.25, -0.2) is 0 Å². The van der Waals surface area contributed by atoms with E-state index in [0.717, 1.165) is 32.2 Å². The monoisotopic (exact) mass is 278 g/mol. The van der Waals surface area contributed by atoms with E-state index in [0.29, 0.717) is 11.9 Å². The minimum Gasteiger partial charge on any atom is -0.340 e. The molecule has 1 aliphatic heterocycles. The fraction of sp³-hybridized carbons (Fsp3) is 0.667. The number of rotatable bonds is 3. The second-order valence-electron chi connectivity index (χ2n) is 5.91. The molecule has 0 atom stereocenters. The first-order valence-electron chi connectivity index (χ1n) is 7.22. The van der Waals surface area contributed by atoms with Crippen LogP contribution in [0.2, 0.25) is 0 Å². The summed E-state index contributed by atoms with van der Waals surface area (Å²) in [7, 11) is 1.99. The Labute approximate surface area is 119 Å². The molecule has 3 rings (SSSR count). The molecule has 2 aliphatic rings. The van der Waals surface area contributed by atoms with Gasteiger partial charge in [0.1, 0.15) is 0 Å². The Morgan fingerprint density at radius 2 is 2.21 bits per heavy atom. The zero-order valence-corrected chi connectivity index (χ0v) is 12.3. The van der Waals surface area contributed by atoms with Crippen molar-refractivity contribution in [1.82, 2.24) is 10.2 Å². The maximum atomic E-state index is 11.7. The molecule has 1 aliphatic carbocycles. The fourth-order valence-corrected chi connectivity index (χ4v) is 4.20. The van der Waals surface area contributed by atoms with Crippen molar-refractivity contribution in [2.45, 2.75) is 56.7 Å². The number of carbonyl (C=O) groups excluding carboxylic acids is 1. The lowest BCUT2D eigenvalue weighted by molar-refractivity contribution is -0.130. The van der Waals surface area contributed by atoms with E-state index in [1.165, 1.54) is 17.7 Å². The molecule has 104 valence electrons. The number of hydrogen-bond donors (Lipinski definition) is 1. The average Bonchev–Trinajstić information content (AvgIpc) is 3.04. The zero-order valence-electron chi connectivity index (χ0n) is 11.5. The van der Waals surface area contributed by atoms with Gasteiger partial charge in [0.2, 0.25) is 5.91 Å². The number of nitrogens with one attached hydrogen (secondary N) is 1. The molecule has 0 radical (unpaired) electrons. The summed E-state index contributed by atoms with van der Waals surface area (Å²) in [5, 5.41) is 5.79. The Balaban J connectivity index is 1.51. The third kappa shape index (κ3) is 2.56. The van der Waals surface area contributed by atoms with Crippen LogP contribution in [0.1, 0.15) is 43.4 Å². The van der Waals surface area contributed by atoms with Gasteiger partial charge in [-0.05, 0) is 43.6 Å². The Morgan fingerprint density at radius 3 is 2.79 bits per heavy atom. The summed E-state index contributed by atoms with van der Waals surface area (Å²) in [6, 6.07) is 4.92. The highest BCUT2D eigenvalue weighted by atomic mass is 32.1. The van der Waals surface area contributed by atoms with Crippen molar-refractivity contribution in [3.05, 3.63) is 22.4 Å². The highest BCUT2D eigenvalue weighted by Gasteiger charge is 2.44. The second-order valence-corrected chi connectivity index (χ2v) is 6.94. The average molecular weight is 278 g/mol. The summed E-state index contributed by atoms with van der Waals surface area (Å²) in [5.41, 5.74) is 0.193. The molecule has 1 spiro atoms. The topological polar surface area (TPSA) is 32.3 Å². The molecule has 19 heavy (non-hydrogen) atoms. The lowest BCUT2D eigenvalue weighted by Gasteiger charge is -2.42. The van der Waals surface area contributed by atoms with Crippen LogP contribution in [-0.2, 0) is 11.3 Å². The van der Waals surface area contributed by atoms with Gasteiger partial charge in [0.25, 0.3) is 0 Å². The van der Waals surface area contributed by atoms with E-state index in [2.05, 4.69) is 22.8 Å². The number of likely N-dealkylation sites (tertiary alicyclic amines) is 1. The van der Waals surface area contributed by atoms with E-state index in [-0.39, 0.29) is 5.54 Å². The van der Waals surface area contributed by atoms with Gasteiger partial charge in [-0.3, -0.25) is 4.79 Å². The predicted molar refractivity (Wildman–Crippen MR) is 78.1 cm³/mol. The molecule has 1 saturated heterocycles. The van der Waals surface area contributed by atoms with Gasteiger partial charge >= 0.3 is 0 Å². The molecule has 2 fully saturated rings. The van der Waals surface area contributed by atoms with Crippen molar-refractivity contribution in [2.24, 2.45) is 0 Å². The van der Waals surface area contributed by atoms with Crippen LogP contribution < -0.4 is 5.32 Å². The summed E-state index contributed by atoms with van der Waals surface area (Å²) in [5.74, 6) is 0.338. The lowest BCUT2D eigenvalue weighted by atomic mass is 9.78. The number of carbonyl (C=O) groups is 1. The van der Waals surface area contributed by atoms with Crippen molar-refractivity contribution < 1.29 is 4.79 Å². The summed E-state index contributed by atoms with van der Waals surface area (Å²) in [6.45, 7) is 0.990. The van der Waals surface area contributed by atoms with Crippen LogP contribution in [0.5, 0.6) is 0 Å². The first-order valence-corrected chi connectivity index (χ1v) is 8.10. The van der Waals surface area contributed by atoms with Crippen LogP contribution in [-0.4, -0.2) is 29.4 Å². The lowest BCUT2D eigenvalue weighted by Crippen LogP contribution is -2.48. The van der Waals surface area contributed by atoms with Gasteiger partial charge in [0.05, 0.1) is 0 Å². The minimum absolute atomic E-state index is 0.193. The first-order chi connectivity index (χ1) is 9.20. The van der Waals surface area contributed by atoms with Crippen molar-refractivity contribution >= 4 is 17.2 Å². The maximum Gasteiger partial charge on any atom is 0.222 e. The fourth-order valence-electron chi connectivity index (χ4n) is 3.54. The summed E-state index contributed by atoms with van der Waals surface area (Å²) in [4.78, 5) is 15.2. The van der Waals surface area contributed by atoms with Gasteiger partial charge in [0.15, 0.2) is 0 Å². The third-order valence-electron chi connectivity index (χ3n) is 4.95. The highest BCUT2D eigenvalue weighted by molar-refractivity contribution is 7.09. The maximum absolute atomic E-state index is 11.7. The van der Waals surface area contributed by atoms with Crippen molar-refractivity contribution in [3.8, 4) is 0 Å². The van der Waals surface area contributed by atoms with E-state index >= 15 is 0 Å². The molecule has 0 bridgehead atoms. The molecule has 4 heteroatoms. The molecule has 1 saturated carbocycles. The summed E-state index contributed by atoms with van der Waals surface area (Å²) < 4.78 is 0. The van der Waals surface area contributed by atoms with Crippen molar-refractivity contribution in [1.29, 1.82) is 0 Å². The highest BCUT2D eigenvalue weighted by Crippen LogP contribution is 2.41. The van der Waals surface area contributed by atoms with E-state index < -0.39 is 0 Å². The van der Waals surface area contributed by atoms with Gasteiger partial charge in [-0.15, -0.1) is 11.3 Å². The summed E-state index contributed by atoms with van der Waals surface area (Å²) in [6.07, 6.45) is 6.55. The number of thiophene rings is 1. The Morgan fingerprint density at radius 1 is 1.42 bits per heavy atom. The normalized spacial score (nSPS) is 31.3. The Kier molecular flexibility index (Phi) is 3.63. The molecule has 2 heterocycles. The van der Waals surface area contributed by atoms with Crippen molar-refractivity contribution in [2.75, 3.05) is 7.05 Å². The van der Waals surface area contributed by atoms with E-state index in [9.17, 15) is 4.79 Å². The smallest absolute Gasteiger partial charge is 0.222 e. The molecule has 3 nitrogen and oxygen atoms in total. The molecule has 1 aromatic rings. The number of hydrogen-bond acceptors (Lipinski definition) is 3. The standard InChI is InChI=1S/C15H22N2OS/c1-17-14(18)6-9-15(17)7-4-12(5-8-15)16-11-13-3-2-10-19-13/h2-3,10,12,16H,4-9,11H2,1H3. The van der Waals surface area contributed by atoms with Gasteiger partial charge in [-0.2, -0.15) is 0 Å². The largest absolute Gasteiger partial charge is 0.340 e. The predicted octanol–water partition coefficient (Wildman–Crippen LogP) is 2.77. The van der Waals surface area contributed by atoms with Crippen molar-refractivity contribution in [3.63, 3.8) is 0 Å². The molecule has 1 aromatic heterocycles. The van der Waals surface area contributed by atoms with Crippen LogP contribution in [0.3, 0.4) is 0 Å². The second kappa shape index (κ2) is 5.25.